The minimum atomic E-state index is -0.948. The number of rotatable bonds is 8. The third-order valence-electron chi connectivity index (χ3n) is 3.29. The molecule has 0 aliphatic heterocycles. The average Bonchev–Trinajstić information content (AvgIpc) is 2.49. The van der Waals surface area contributed by atoms with Crippen molar-refractivity contribution in [2.24, 2.45) is 5.73 Å². The number of benzene rings is 1. The van der Waals surface area contributed by atoms with Crippen LogP contribution in [0.25, 0.3) is 0 Å². The van der Waals surface area contributed by atoms with Gasteiger partial charge < -0.3 is 15.7 Å². The van der Waals surface area contributed by atoms with Crippen LogP contribution in [-0.4, -0.2) is 53.5 Å². The predicted octanol–water partition coefficient (Wildman–Crippen LogP) is 1.47. The number of aromatic carboxylic acids is 1. The SMILES string of the molecule is CSCC[C@@H](N)C(=O)N(C)CCc1ccccc1C(=O)O. The number of hydrogen-bond acceptors (Lipinski definition) is 4. The van der Waals surface area contributed by atoms with Crippen LogP contribution in [0.15, 0.2) is 24.3 Å². The molecule has 5 nitrogen and oxygen atoms in total. The van der Waals surface area contributed by atoms with Crippen LogP contribution in [-0.2, 0) is 11.2 Å². The molecule has 1 rings (SSSR count). The molecule has 0 saturated carbocycles. The fourth-order valence-electron chi connectivity index (χ4n) is 2.00. The smallest absolute Gasteiger partial charge is 0.335 e. The third kappa shape index (κ3) is 5.40. The molecule has 0 bridgehead atoms. The van der Waals surface area contributed by atoms with Crippen molar-refractivity contribution in [3.8, 4) is 0 Å². The van der Waals surface area contributed by atoms with Gasteiger partial charge >= 0.3 is 5.97 Å². The second-order valence-electron chi connectivity index (χ2n) is 4.86. The van der Waals surface area contributed by atoms with E-state index in [1.54, 1.807) is 48.0 Å². The maximum atomic E-state index is 12.1. The number of nitrogens with two attached hydrogens (primary N) is 1. The highest BCUT2D eigenvalue weighted by atomic mass is 32.2. The molecule has 0 spiro atoms. The topological polar surface area (TPSA) is 83.6 Å². The summed E-state index contributed by atoms with van der Waals surface area (Å²) in [6, 6.07) is 6.35. The highest BCUT2D eigenvalue weighted by molar-refractivity contribution is 7.98. The van der Waals surface area contributed by atoms with Gasteiger partial charge in [0.2, 0.25) is 5.91 Å². The van der Waals surface area contributed by atoms with Gasteiger partial charge in [-0.2, -0.15) is 11.8 Å². The summed E-state index contributed by atoms with van der Waals surface area (Å²) in [4.78, 5) is 24.8. The number of amides is 1. The van der Waals surface area contributed by atoms with Crippen LogP contribution in [0.5, 0.6) is 0 Å². The number of nitrogens with zero attached hydrogens (tertiary/aromatic N) is 1. The largest absolute Gasteiger partial charge is 0.478 e. The van der Waals surface area contributed by atoms with Crippen LogP contribution in [0.4, 0.5) is 0 Å². The monoisotopic (exact) mass is 310 g/mol. The van der Waals surface area contributed by atoms with Gasteiger partial charge in [-0.1, -0.05) is 18.2 Å². The van der Waals surface area contributed by atoms with E-state index in [-0.39, 0.29) is 11.5 Å². The Bertz CT molecular complexity index is 494. The Morgan fingerprint density at radius 1 is 1.38 bits per heavy atom. The summed E-state index contributed by atoms with van der Waals surface area (Å²) in [6.07, 6.45) is 3.12. The summed E-state index contributed by atoms with van der Waals surface area (Å²) >= 11 is 1.66. The zero-order chi connectivity index (χ0) is 15.8. The van der Waals surface area contributed by atoms with Gasteiger partial charge in [-0.15, -0.1) is 0 Å². The molecule has 0 aliphatic carbocycles. The molecule has 1 aromatic rings. The van der Waals surface area contributed by atoms with E-state index >= 15 is 0 Å². The summed E-state index contributed by atoms with van der Waals surface area (Å²) in [6.45, 7) is 0.454. The van der Waals surface area contributed by atoms with Crippen LogP contribution in [0, 0.1) is 0 Å². The summed E-state index contributed by atoms with van der Waals surface area (Å²) in [5.41, 5.74) is 6.86. The van der Waals surface area contributed by atoms with E-state index in [1.165, 1.54) is 0 Å². The van der Waals surface area contributed by atoms with Crippen molar-refractivity contribution in [3.05, 3.63) is 35.4 Å². The first-order chi connectivity index (χ1) is 9.97. The molecule has 1 aromatic carbocycles. The number of carbonyl (C=O) groups excluding carboxylic acids is 1. The molecular weight excluding hydrogens is 288 g/mol. The first-order valence-corrected chi connectivity index (χ1v) is 8.17. The first-order valence-electron chi connectivity index (χ1n) is 6.78. The van der Waals surface area contributed by atoms with E-state index in [0.29, 0.717) is 19.4 Å². The number of thioether (sulfide) groups is 1. The molecule has 0 fully saturated rings. The lowest BCUT2D eigenvalue weighted by atomic mass is 10.0. The molecule has 116 valence electrons. The van der Waals surface area contributed by atoms with Crippen molar-refractivity contribution in [2.45, 2.75) is 18.9 Å². The fourth-order valence-corrected chi connectivity index (χ4v) is 2.49. The van der Waals surface area contributed by atoms with Gasteiger partial charge in [0.25, 0.3) is 0 Å². The van der Waals surface area contributed by atoms with E-state index < -0.39 is 12.0 Å². The highest BCUT2D eigenvalue weighted by Gasteiger charge is 2.18. The molecule has 0 heterocycles. The lowest BCUT2D eigenvalue weighted by Gasteiger charge is -2.21. The number of likely N-dealkylation sites (N-methyl/N-ethyl adjacent to an activating group) is 1. The Labute approximate surface area is 129 Å². The second kappa shape index (κ2) is 8.69. The van der Waals surface area contributed by atoms with Gasteiger partial charge in [0.15, 0.2) is 0 Å². The van der Waals surface area contributed by atoms with Gasteiger partial charge in [0.05, 0.1) is 11.6 Å². The molecule has 0 aliphatic rings. The Kier molecular flexibility index (Phi) is 7.25. The normalized spacial score (nSPS) is 12.0. The Hall–Kier alpha value is -1.53. The molecule has 6 heteroatoms. The number of carboxylic acids is 1. The molecule has 1 atom stereocenters. The number of carboxylic acid groups (broad SMARTS) is 1. The van der Waals surface area contributed by atoms with Crippen molar-refractivity contribution in [1.29, 1.82) is 0 Å². The van der Waals surface area contributed by atoms with Crippen molar-refractivity contribution in [2.75, 3.05) is 25.6 Å². The predicted molar refractivity (Wildman–Crippen MR) is 85.7 cm³/mol. The second-order valence-corrected chi connectivity index (χ2v) is 5.85. The Morgan fingerprint density at radius 2 is 2.05 bits per heavy atom. The van der Waals surface area contributed by atoms with Crippen LogP contribution in [0.1, 0.15) is 22.3 Å². The molecule has 0 unspecified atom stereocenters. The lowest BCUT2D eigenvalue weighted by Crippen LogP contribution is -2.42. The maximum Gasteiger partial charge on any atom is 0.335 e. The minimum absolute atomic E-state index is 0.100. The Balaban J connectivity index is 2.58. The van der Waals surface area contributed by atoms with E-state index in [2.05, 4.69) is 0 Å². The number of carbonyl (C=O) groups is 2. The Morgan fingerprint density at radius 3 is 2.67 bits per heavy atom. The molecule has 21 heavy (non-hydrogen) atoms. The van der Waals surface area contributed by atoms with Gasteiger partial charge in [-0.3, -0.25) is 4.79 Å². The van der Waals surface area contributed by atoms with Crippen molar-refractivity contribution < 1.29 is 14.7 Å². The summed E-state index contributed by atoms with van der Waals surface area (Å²) in [7, 11) is 1.70. The van der Waals surface area contributed by atoms with E-state index in [9.17, 15) is 9.59 Å². The minimum Gasteiger partial charge on any atom is -0.478 e. The van der Waals surface area contributed by atoms with Gasteiger partial charge in [0.1, 0.15) is 0 Å². The zero-order valence-electron chi connectivity index (χ0n) is 12.4. The summed E-state index contributed by atoms with van der Waals surface area (Å²) in [5, 5.41) is 9.12. The van der Waals surface area contributed by atoms with Gasteiger partial charge in [-0.25, -0.2) is 4.79 Å². The lowest BCUT2D eigenvalue weighted by molar-refractivity contribution is -0.131. The van der Waals surface area contributed by atoms with Crippen LogP contribution in [0.3, 0.4) is 0 Å². The zero-order valence-corrected chi connectivity index (χ0v) is 13.2. The van der Waals surface area contributed by atoms with E-state index in [4.69, 9.17) is 10.8 Å². The van der Waals surface area contributed by atoms with Gasteiger partial charge in [-0.05, 0) is 36.5 Å². The molecule has 1 amide bonds. The van der Waals surface area contributed by atoms with Crippen molar-refractivity contribution >= 4 is 23.6 Å². The van der Waals surface area contributed by atoms with Crippen LogP contribution < -0.4 is 5.73 Å². The molecular formula is C15H22N2O3S. The number of hydrogen-bond donors (Lipinski definition) is 2. The summed E-state index contributed by atoms with van der Waals surface area (Å²) < 4.78 is 0. The first kappa shape index (κ1) is 17.5. The molecule has 0 radical (unpaired) electrons. The fraction of sp³-hybridized carbons (Fsp3) is 0.467. The quantitative estimate of drug-likeness (QED) is 0.759. The van der Waals surface area contributed by atoms with E-state index in [1.807, 2.05) is 6.26 Å². The summed E-state index contributed by atoms with van der Waals surface area (Å²) in [5.74, 6) is -0.198. The maximum absolute atomic E-state index is 12.1. The van der Waals surface area contributed by atoms with Crippen molar-refractivity contribution in [3.63, 3.8) is 0 Å². The van der Waals surface area contributed by atoms with Gasteiger partial charge in [0, 0.05) is 13.6 Å². The van der Waals surface area contributed by atoms with Crippen molar-refractivity contribution in [1.82, 2.24) is 4.90 Å². The average molecular weight is 310 g/mol. The highest BCUT2D eigenvalue weighted by Crippen LogP contribution is 2.10. The van der Waals surface area contributed by atoms with Crippen LogP contribution >= 0.6 is 11.8 Å². The molecule has 0 saturated heterocycles. The molecule has 3 N–H and O–H groups in total. The molecule has 0 aromatic heterocycles. The third-order valence-corrected chi connectivity index (χ3v) is 3.93. The standard InChI is InChI=1S/C15H22N2O3S/c1-17(14(18)13(16)8-10-21-2)9-7-11-5-3-4-6-12(11)15(19)20/h3-6,13H,7-10,16H2,1-2H3,(H,19,20)/t13-/m1/s1. The van der Waals surface area contributed by atoms with E-state index in [0.717, 1.165) is 11.3 Å². The van der Waals surface area contributed by atoms with Crippen LogP contribution in [0.2, 0.25) is 0 Å².